The molecular weight excluding hydrogens is 410 g/mol. The van der Waals surface area contributed by atoms with Crippen molar-refractivity contribution in [2.75, 3.05) is 27.9 Å². The second-order valence-corrected chi connectivity index (χ2v) is 7.46. The predicted octanol–water partition coefficient (Wildman–Crippen LogP) is 2.52. The molecule has 0 atom stereocenters. The largest absolute Gasteiger partial charge is 0.496 e. The first-order valence-corrected chi connectivity index (χ1v) is 10.3. The number of aromatic nitrogens is 2. The summed E-state index contributed by atoms with van der Waals surface area (Å²) in [5, 5.41) is 4.42. The summed E-state index contributed by atoms with van der Waals surface area (Å²) >= 11 is 0. The average molecular weight is 435 g/mol. The van der Waals surface area contributed by atoms with Crippen LogP contribution in [-0.2, 0) is 24.3 Å². The Balaban J connectivity index is 1.55. The van der Waals surface area contributed by atoms with E-state index < -0.39 is 0 Å². The SMILES string of the molecule is COc1cc2c(cc1OC)CN(C(=O)Cn1nc(-c3ccccc3OC)ccc1=O)CC2. The van der Waals surface area contributed by atoms with Crippen LogP contribution in [0.1, 0.15) is 11.1 Å². The first kappa shape index (κ1) is 21.4. The average Bonchev–Trinajstić information content (AvgIpc) is 2.83. The molecule has 0 N–H and O–H groups in total. The van der Waals surface area contributed by atoms with Crippen LogP contribution in [-0.4, -0.2) is 48.5 Å². The molecule has 8 heteroatoms. The minimum absolute atomic E-state index is 0.134. The van der Waals surface area contributed by atoms with E-state index in [9.17, 15) is 9.59 Å². The van der Waals surface area contributed by atoms with E-state index in [2.05, 4.69) is 5.10 Å². The van der Waals surface area contributed by atoms with Gasteiger partial charge in [0.2, 0.25) is 5.91 Å². The predicted molar refractivity (Wildman–Crippen MR) is 119 cm³/mol. The molecule has 1 aromatic heterocycles. The van der Waals surface area contributed by atoms with Gasteiger partial charge in [0.25, 0.3) is 5.56 Å². The zero-order chi connectivity index (χ0) is 22.7. The zero-order valence-corrected chi connectivity index (χ0v) is 18.3. The molecule has 1 aliphatic rings. The van der Waals surface area contributed by atoms with Crippen LogP contribution in [0.15, 0.2) is 53.3 Å². The van der Waals surface area contributed by atoms with Gasteiger partial charge in [-0.05, 0) is 47.9 Å². The zero-order valence-electron chi connectivity index (χ0n) is 18.3. The fourth-order valence-electron chi connectivity index (χ4n) is 3.89. The summed E-state index contributed by atoms with van der Waals surface area (Å²) in [7, 11) is 4.77. The van der Waals surface area contributed by atoms with Crippen LogP contribution in [0.25, 0.3) is 11.3 Å². The lowest BCUT2D eigenvalue weighted by atomic mass is 9.98. The number of para-hydroxylation sites is 1. The maximum atomic E-state index is 13.0. The number of rotatable bonds is 6. The smallest absolute Gasteiger partial charge is 0.267 e. The molecule has 32 heavy (non-hydrogen) atoms. The summed E-state index contributed by atoms with van der Waals surface area (Å²) in [6, 6.07) is 14.3. The van der Waals surface area contributed by atoms with Crippen LogP contribution in [0.5, 0.6) is 17.2 Å². The van der Waals surface area contributed by atoms with Gasteiger partial charge in [0, 0.05) is 24.7 Å². The second-order valence-electron chi connectivity index (χ2n) is 7.46. The van der Waals surface area contributed by atoms with Crippen LogP contribution < -0.4 is 19.8 Å². The van der Waals surface area contributed by atoms with E-state index in [4.69, 9.17) is 14.2 Å². The van der Waals surface area contributed by atoms with Crippen molar-refractivity contribution in [3.8, 4) is 28.5 Å². The summed E-state index contributed by atoms with van der Waals surface area (Å²) in [6.45, 7) is 0.863. The quantitative estimate of drug-likeness (QED) is 0.592. The molecule has 2 aromatic carbocycles. The van der Waals surface area contributed by atoms with Crippen LogP contribution in [0.2, 0.25) is 0 Å². The molecule has 2 heterocycles. The van der Waals surface area contributed by atoms with Gasteiger partial charge in [0.15, 0.2) is 11.5 Å². The molecule has 1 aliphatic heterocycles. The summed E-state index contributed by atoms with van der Waals surface area (Å²) in [6.07, 6.45) is 0.699. The molecule has 0 unspecified atom stereocenters. The van der Waals surface area contributed by atoms with Gasteiger partial charge >= 0.3 is 0 Å². The summed E-state index contributed by atoms with van der Waals surface area (Å²) in [4.78, 5) is 27.2. The van der Waals surface area contributed by atoms with E-state index in [0.29, 0.717) is 42.5 Å². The monoisotopic (exact) mass is 435 g/mol. The van der Waals surface area contributed by atoms with E-state index in [-0.39, 0.29) is 18.0 Å². The van der Waals surface area contributed by atoms with Crippen LogP contribution in [0.3, 0.4) is 0 Å². The first-order chi connectivity index (χ1) is 15.5. The van der Waals surface area contributed by atoms with Crippen LogP contribution >= 0.6 is 0 Å². The Kier molecular flexibility index (Phi) is 6.11. The standard InChI is InChI=1S/C24H25N3O5/c1-30-20-7-5-4-6-18(20)19-8-9-23(28)27(25-19)15-24(29)26-11-10-16-12-21(31-2)22(32-3)13-17(16)14-26/h4-9,12-13H,10-11,14-15H2,1-3H3. The highest BCUT2D eigenvalue weighted by Gasteiger charge is 2.23. The van der Waals surface area contributed by atoms with Gasteiger partial charge in [-0.15, -0.1) is 0 Å². The topological polar surface area (TPSA) is 82.9 Å². The fourth-order valence-corrected chi connectivity index (χ4v) is 3.89. The minimum Gasteiger partial charge on any atom is -0.496 e. The van der Waals surface area contributed by atoms with Crippen LogP contribution in [0, 0.1) is 0 Å². The minimum atomic E-state index is -0.333. The number of nitrogens with zero attached hydrogens (tertiary/aromatic N) is 3. The summed E-state index contributed by atoms with van der Waals surface area (Å²) < 4.78 is 17.4. The second kappa shape index (κ2) is 9.13. The van der Waals surface area contributed by atoms with Gasteiger partial charge in [0.05, 0.1) is 27.0 Å². The maximum Gasteiger partial charge on any atom is 0.267 e. The van der Waals surface area contributed by atoms with Crippen molar-refractivity contribution in [3.05, 3.63) is 70.0 Å². The summed E-state index contributed by atoms with van der Waals surface area (Å²) in [5.41, 5.74) is 3.12. The molecule has 0 spiro atoms. The molecule has 0 radical (unpaired) electrons. The maximum absolute atomic E-state index is 13.0. The van der Waals surface area contributed by atoms with E-state index in [1.165, 1.54) is 10.7 Å². The van der Waals surface area contributed by atoms with Crippen molar-refractivity contribution in [3.63, 3.8) is 0 Å². The van der Waals surface area contributed by atoms with Crippen LogP contribution in [0.4, 0.5) is 0 Å². The van der Waals surface area contributed by atoms with Gasteiger partial charge in [-0.3, -0.25) is 9.59 Å². The lowest BCUT2D eigenvalue weighted by Gasteiger charge is -2.29. The van der Waals surface area contributed by atoms with Crippen molar-refractivity contribution >= 4 is 5.91 Å². The molecule has 0 aliphatic carbocycles. The lowest BCUT2D eigenvalue weighted by Crippen LogP contribution is -2.40. The van der Waals surface area contributed by atoms with E-state index >= 15 is 0 Å². The Morgan fingerprint density at radius 3 is 2.34 bits per heavy atom. The van der Waals surface area contributed by atoms with Crippen molar-refractivity contribution in [2.24, 2.45) is 0 Å². The van der Waals surface area contributed by atoms with E-state index in [1.54, 1.807) is 32.3 Å². The van der Waals surface area contributed by atoms with Gasteiger partial charge in [0.1, 0.15) is 12.3 Å². The highest BCUT2D eigenvalue weighted by atomic mass is 16.5. The van der Waals surface area contributed by atoms with Crippen molar-refractivity contribution in [1.29, 1.82) is 0 Å². The van der Waals surface area contributed by atoms with Gasteiger partial charge in [-0.2, -0.15) is 5.10 Å². The fraction of sp³-hybridized carbons (Fsp3) is 0.292. The number of amides is 1. The number of fused-ring (bicyclic) bond motifs is 1. The summed E-state index contributed by atoms with van der Waals surface area (Å²) in [5.74, 6) is 1.78. The highest BCUT2D eigenvalue weighted by molar-refractivity contribution is 5.76. The number of hydrogen-bond donors (Lipinski definition) is 0. The van der Waals surface area contributed by atoms with Crippen molar-refractivity contribution in [1.82, 2.24) is 14.7 Å². The Morgan fingerprint density at radius 1 is 0.938 bits per heavy atom. The third-order valence-electron chi connectivity index (χ3n) is 5.61. The molecule has 0 bridgehead atoms. The Labute approximate surface area is 186 Å². The molecule has 3 aromatic rings. The lowest BCUT2D eigenvalue weighted by molar-refractivity contribution is -0.133. The number of ether oxygens (including phenoxy) is 3. The Bertz CT molecular complexity index is 1200. The van der Waals surface area contributed by atoms with E-state index in [0.717, 1.165) is 16.7 Å². The molecule has 0 saturated heterocycles. The number of hydrogen-bond acceptors (Lipinski definition) is 6. The molecule has 166 valence electrons. The third-order valence-corrected chi connectivity index (χ3v) is 5.61. The van der Waals surface area contributed by atoms with Gasteiger partial charge in [-0.1, -0.05) is 12.1 Å². The Hall–Kier alpha value is -3.81. The number of carbonyl (C=O) groups excluding carboxylic acids is 1. The molecule has 8 nitrogen and oxygen atoms in total. The van der Waals surface area contributed by atoms with Crippen molar-refractivity contribution in [2.45, 2.75) is 19.5 Å². The third kappa shape index (κ3) is 4.16. The molecule has 1 amide bonds. The number of benzene rings is 2. The van der Waals surface area contributed by atoms with Gasteiger partial charge < -0.3 is 19.1 Å². The normalized spacial score (nSPS) is 12.8. The number of carbonyl (C=O) groups is 1. The highest BCUT2D eigenvalue weighted by Crippen LogP contribution is 2.33. The number of methoxy groups -OCH3 is 3. The van der Waals surface area contributed by atoms with E-state index in [1.807, 2.05) is 36.4 Å². The first-order valence-electron chi connectivity index (χ1n) is 10.3. The molecule has 0 saturated carbocycles. The molecular formula is C24H25N3O5. The van der Waals surface area contributed by atoms with Gasteiger partial charge in [-0.25, -0.2) is 4.68 Å². The molecule has 0 fully saturated rings. The molecule has 4 rings (SSSR count). The Morgan fingerprint density at radius 2 is 1.62 bits per heavy atom. The van der Waals surface area contributed by atoms with Crippen molar-refractivity contribution < 1.29 is 19.0 Å².